The molecule has 3 rings (SSSR count). The van der Waals surface area contributed by atoms with Crippen molar-refractivity contribution in [3.05, 3.63) is 12.7 Å². The summed E-state index contributed by atoms with van der Waals surface area (Å²) in [4.78, 5) is 31.6. The van der Waals surface area contributed by atoms with E-state index in [0.29, 0.717) is 18.0 Å². The fraction of sp³-hybridized carbons (Fsp3) is 0.571. The van der Waals surface area contributed by atoms with Crippen molar-refractivity contribution in [1.29, 1.82) is 0 Å². The van der Waals surface area contributed by atoms with E-state index in [0.717, 1.165) is 38.2 Å². The van der Waals surface area contributed by atoms with E-state index in [2.05, 4.69) is 35.5 Å². The molecule has 2 aromatic rings. The van der Waals surface area contributed by atoms with Crippen molar-refractivity contribution in [3.63, 3.8) is 0 Å². The van der Waals surface area contributed by atoms with Gasteiger partial charge in [-0.05, 0) is 0 Å². The second-order valence-corrected chi connectivity index (χ2v) is 5.60. The van der Waals surface area contributed by atoms with Gasteiger partial charge in [0.25, 0.3) is 0 Å². The van der Waals surface area contributed by atoms with Gasteiger partial charge in [0.2, 0.25) is 5.91 Å². The van der Waals surface area contributed by atoms with E-state index >= 15 is 0 Å². The van der Waals surface area contributed by atoms with Crippen molar-refractivity contribution < 1.29 is 4.79 Å². The monoisotopic (exact) mass is 390 g/mol. The summed E-state index contributed by atoms with van der Waals surface area (Å²) in [6, 6.07) is 0. The Morgan fingerprint density at radius 1 is 1.28 bits per heavy atom. The maximum absolute atomic E-state index is 12.1. The van der Waals surface area contributed by atoms with Gasteiger partial charge < -0.3 is 20.5 Å². The minimum absolute atomic E-state index is 0. The molecule has 11 heteroatoms. The number of nitrogens with one attached hydrogen (secondary N) is 3. The lowest BCUT2D eigenvalue weighted by molar-refractivity contribution is -0.119. The molecule has 1 fully saturated rings. The average Bonchev–Trinajstić information content (AvgIpc) is 3.04. The number of imidazole rings is 1. The number of aromatic amines is 1. The lowest BCUT2D eigenvalue weighted by Crippen LogP contribution is -2.47. The number of hydrogen-bond donors (Lipinski definition) is 3. The molecule has 9 nitrogen and oxygen atoms in total. The Morgan fingerprint density at radius 3 is 2.80 bits per heavy atom. The molecule has 0 aromatic carbocycles. The van der Waals surface area contributed by atoms with Crippen LogP contribution in [0.1, 0.15) is 0 Å². The van der Waals surface area contributed by atoms with Gasteiger partial charge in [-0.2, -0.15) is 0 Å². The maximum Gasteiger partial charge on any atom is 0.239 e. The van der Waals surface area contributed by atoms with E-state index in [1.807, 2.05) is 7.05 Å². The minimum atomic E-state index is -0.0195. The zero-order chi connectivity index (χ0) is 16.1. The normalized spacial score (nSPS) is 14.4. The number of piperazine rings is 1. The van der Waals surface area contributed by atoms with Gasteiger partial charge in [-0.25, -0.2) is 15.0 Å². The lowest BCUT2D eigenvalue weighted by Gasteiger charge is -2.27. The maximum atomic E-state index is 12.1. The molecule has 25 heavy (non-hydrogen) atoms. The van der Waals surface area contributed by atoms with Crippen molar-refractivity contribution in [2.75, 3.05) is 57.8 Å². The number of fused-ring (bicyclic) bond motifs is 1. The van der Waals surface area contributed by atoms with Gasteiger partial charge in [0.05, 0.1) is 12.9 Å². The molecule has 140 valence electrons. The van der Waals surface area contributed by atoms with E-state index in [1.165, 1.54) is 6.33 Å². The Bertz CT molecular complexity index is 661. The molecule has 1 aliphatic rings. The molecule has 0 unspecified atom stereocenters. The number of amides is 1. The Morgan fingerprint density at radius 2 is 2.04 bits per heavy atom. The Hall–Kier alpha value is -1.68. The van der Waals surface area contributed by atoms with Crippen LogP contribution in [0.4, 0.5) is 5.82 Å². The van der Waals surface area contributed by atoms with Crippen molar-refractivity contribution >= 4 is 47.7 Å². The van der Waals surface area contributed by atoms with Crippen molar-refractivity contribution in [1.82, 2.24) is 35.5 Å². The highest BCUT2D eigenvalue weighted by molar-refractivity contribution is 5.87. The SMILES string of the molecule is CN(CC(=O)NCCN1CCNCC1)c1ncnc2nc[nH]c12.Cl.Cl. The number of likely N-dealkylation sites (N-methyl/N-ethyl adjacent to an activating group) is 1. The first-order valence-corrected chi connectivity index (χ1v) is 7.79. The van der Waals surface area contributed by atoms with Gasteiger partial charge in [0.1, 0.15) is 11.8 Å². The molecule has 0 atom stereocenters. The van der Waals surface area contributed by atoms with E-state index in [-0.39, 0.29) is 37.3 Å². The number of rotatable bonds is 6. The van der Waals surface area contributed by atoms with Gasteiger partial charge in [-0.1, -0.05) is 0 Å². The summed E-state index contributed by atoms with van der Waals surface area (Å²) < 4.78 is 0. The molecular weight excluding hydrogens is 367 g/mol. The van der Waals surface area contributed by atoms with E-state index in [1.54, 1.807) is 11.2 Å². The number of aromatic nitrogens is 4. The minimum Gasteiger partial charge on any atom is -0.353 e. The molecule has 1 saturated heterocycles. The smallest absolute Gasteiger partial charge is 0.239 e. The van der Waals surface area contributed by atoms with Crippen molar-refractivity contribution in [3.8, 4) is 0 Å². The summed E-state index contributed by atoms with van der Waals surface area (Å²) >= 11 is 0. The van der Waals surface area contributed by atoms with Crippen molar-refractivity contribution in [2.45, 2.75) is 0 Å². The topological polar surface area (TPSA) is 102 Å². The van der Waals surface area contributed by atoms with Gasteiger partial charge in [-0.15, -0.1) is 24.8 Å². The number of carbonyl (C=O) groups is 1. The van der Waals surface area contributed by atoms with Crippen LogP contribution in [0.5, 0.6) is 0 Å². The van der Waals surface area contributed by atoms with Crippen LogP contribution in [0.25, 0.3) is 11.2 Å². The third-order valence-electron chi connectivity index (χ3n) is 3.91. The molecule has 2 aromatic heterocycles. The Kier molecular flexibility index (Phi) is 8.84. The van der Waals surface area contributed by atoms with Crippen LogP contribution in [-0.4, -0.2) is 83.6 Å². The number of hydrogen-bond acceptors (Lipinski definition) is 7. The summed E-state index contributed by atoms with van der Waals surface area (Å²) in [5.41, 5.74) is 1.34. The highest BCUT2D eigenvalue weighted by Crippen LogP contribution is 2.17. The number of halogens is 2. The second-order valence-electron chi connectivity index (χ2n) is 5.60. The fourth-order valence-electron chi connectivity index (χ4n) is 2.68. The molecule has 0 radical (unpaired) electrons. The van der Waals surface area contributed by atoms with Crippen LogP contribution in [0, 0.1) is 0 Å². The molecular formula is C14H24Cl2N8O. The molecule has 0 saturated carbocycles. The predicted molar refractivity (Wildman–Crippen MR) is 102 cm³/mol. The largest absolute Gasteiger partial charge is 0.353 e. The van der Waals surface area contributed by atoms with Gasteiger partial charge >= 0.3 is 0 Å². The van der Waals surface area contributed by atoms with Crippen LogP contribution < -0.4 is 15.5 Å². The third kappa shape index (κ3) is 5.67. The van der Waals surface area contributed by atoms with Crippen LogP contribution in [0.2, 0.25) is 0 Å². The number of nitrogens with zero attached hydrogens (tertiary/aromatic N) is 5. The molecule has 3 N–H and O–H groups in total. The quantitative estimate of drug-likeness (QED) is 0.619. The van der Waals surface area contributed by atoms with Crippen molar-refractivity contribution in [2.24, 2.45) is 0 Å². The average molecular weight is 391 g/mol. The first-order chi connectivity index (χ1) is 11.2. The second kappa shape index (κ2) is 10.3. The zero-order valence-electron chi connectivity index (χ0n) is 14.1. The Labute approximate surface area is 158 Å². The van der Waals surface area contributed by atoms with E-state index < -0.39 is 0 Å². The van der Waals surface area contributed by atoms with Crippen LogP contribution in [0.3, 0.4) is 0 Å². The summed E-state index contributed by atoms with van der Waals surface area (Å²) in [5.74, 6) is 0.652. The number of H-pyrrole nitrogens is 1. The van der Waals surface area contributed by atoms with Gasteiger partial charge in [-0.3, -0.25) is 9.69 Å². The number of carbonyl (C=O) groups excluding carboxylic acids is 1. The molecule has 1 amide bonds. The number of anilines is 1. The highest BCUT2D eigenvalue weighted by Gasteiger charge is 2.14. The Balaban J connectivity index is 0.00000156. The van der Waals surface area contributed by atoms with Crippen LogP contribution >= 0.6 is 24.8 Å². The van der Waals surface area contributed by atoms with E-state index in [9.17, 15) is 4.79 Å². The fourth-order valence-corrected chi connectivity index (χ4v) is 2.68. The molecule has 1 aliphatic heterocycles. The predicted octanol–water partition coefficient (Wildman–Crippen LogP) is -0.346. The van der Waals surface area contributed by atoms with E-state index in [4.69, 9.17) is 0 Å². The summed E-state index contributed by atoms with van der Waals surface area (Å²) in [6.07, 6.45) is 3.03. The zero-order valence-corrected chi connectivity index (χ0v) is 15.7. The molecule has 0 aliphatic carbocycles. The first kappa shape index (κ1) is 21.4. The van der Waals surface area contributed by atoms with Crippen LogP contribution in [-0.2, 0) is 4.79 Å². The summed E-state index contributed by atoms with van der Waals surface area (Å²) in [5, 5.41) is 6.28. The molecule has 3 heterocycles. The lowest BCUT2D eigenvalue weighted by atomic mass is 10.3. The molecule has 0 spiro atoms. The summed E-state index contributed by atoms with van der Waals surface area (Å²) in [7, 11) is 1.83. The first-order valence-electron chi connectivity index (χ1n) is 7.79. The van der Waals surface area contributed by atoms with Gasteiger partial charge in [0.15, 0.2) is 11.5 Å². The third-order valence-corrected chi connectivity index (χ3v) is 3.91. The van der Waals surface area contributed by atoms with Gasteiger partial charge in [0, 0.05) is 46.3 Å². The van der Waals surface area contributed by atoms with Crippen LogP contribution in [0.15, 0.2) is 12.7 Å². The highest BCUT2D eigenvalue weighted by atomic mass is 35.5. The standard InChI is InChI=1S/C14H22N8O.2ClH/c1-21(14-12-13(18-9-17-12)19-10-20-14)8-11(23)16-4-7-22-5-2-15-3-6-22;;/h9-10,15H,2-8H2,1H3,(H,16,23)(H,17,18,19,20);2*1H. The molecule has 0 bridgehead atoms. The summed E-state index contributed by atoms with van der Waals surface area (Å²) in [6.45, 7) is 5.90.